The Hall–Kier alpha value is -0.200. The van der Waals surface area contributed by atoms with Gasteiger partial charge in [-0.05, 0) is 105 Å². The maximum atomic E-state index is 11.5. The second-order valence-corrected chi connectivity index (χ2v) is 12.9. The van der Waals surface area contributed by atoms with Crippen LogP contribution in [0, 0.1) is 34.5 Å². The molecule has 5 nitrogen and oxygen atoms in total. The molecule has 0 aromatic rings. The fraction of sp³-hybridized carbons (Fsp3) is 1.00. The second kappa shape index (κ2) is 8.19. The summed E-state index contributed by atoms with van der Waals surface area (Å²) in [4.78, 5) is 5.16. The Morgan fingerprint density at radius 3 is 2.25 bits per heavy atom. The molecule has 0 bridgehead atoms. The summed E-state index contributed by atoms with van der Waals surface area (Å²) >= 11 is 0. The molecule has 4 aliphatic carbocycles. The first kappa shape index (κ1) is 22.3. The standard InChI is InChI=1S/C27H46N2O3/c1-26-8-7-20-19(21(26)16-22(25(26)31)28-9-3-4-10-28)6-5-18-15-24(30)23(17-27(18,20)2)29-11-13-32-14-12-29/h18-25,30-31H,3-17H2,1-2H3/t18-,19+,20-,21-,22-,23+,24+,25-,26-,27-/m0/s1. The number of hydrogen-bond donors (Lipinski definition) is 2. The van der Waals surface area contributed by atoms with Crippen molar-refractivity contribution in [2.45, 2.75) is 95.9 Å². The molecule has 6 fully saturated rings. The number of rotatable bonds is 2. The van der Waals surface area contributed by atoms with Gasteiger partial charge in [-0.15, -0.1) is 0 Å². The minimum absolute atomic E-state index is 0.107. The third kappa shape index (κ3) is 3.28. The molecular formula is C27H46N2O3. The van der Waals surface area contributed by atoms with E-state index in [-0.39, 0.29) is 17.6 Å². The molecule has 2 aliphatic heterocycles. The molecule has 2 heterocycles. The molecule has 6 aliphatic rings. The summed E-state index contributed by atoms with van der Waals surface area (Å²) in [6.07, 6.45) is 10.7. The molecule has 6 rings (SSSR count). The van der Waals surface area contributed by atoms with Crippen LogP contribution in [0.15, 0.2) is 0 Å². The summed E-state index contributed by atoms with van der Waals surface area (Å²) in [7, 11) is 0. The predicted molar refractivity (Wildman–Crippen MR) is 125 cm³/mol. The lowest BCUT2D eigenvalue weighted by Gasteiger charge is -2.62. The fourth-order valence-electron chi connectivity index (χ4n) is 9.97. The smallest absolute Gasteiger partial charge is 0.0751 e. The predicted octanol–water partition coefficient (Wildman–Crippen LogP) is 3.14. The summed E-state index contributed by atoms with van der Waals surface area (Å²) in [5, 5.41) is 22.7. The molecule has 10 atom stereocenters. The molecule has 2 saturated heterocycles. The highest BCUT2D eigenvalue weighted by molar-refractivity contribution is 5.14. The molecule has 0 amide bonds. The Kier molecular flexibility index (Phi) is 5.70. The van der Waals surface area contributed by atoms with Crippen molar-refractivity contribution in [1.82, 2.24) is 9.80 Å². The summed E-state index contributed by atoms with van der Waals surface area (Å²) in [5.41, 5.74) is 0.443. The molecule has 2 N–H and O–H groups in total. The Labute approximate surface area is 194 Å². The van der Waals surface area contributed by atoms with Crippen LogP contribution in [0.2, 0.25) is 0 Å². The largest absolute Gasteiger partial charge is 0.391 e. The van der Waals surface area contributed by atoms with Crippen LogP contribution in [0.4, 0.5) is 0 Å². The van der Waals surface area contributed by atoms with Crippen molar-refractivity contribution in [3.63, 3.8) is 0 Å². The van der Waals surface area contributed by atoms with Gasteiger partial charge in [-0.3, -0.25) is 9.80 Å². The lowest BCUT2D eigenvalue weighted by molar-refractivity contribution is -0.158. The number of nitrogens with zero attached hydrogens (tertiary/aromatic N) is 2. The first-order valence-corrected chi connectivity index (χ1v) is 13.8. The normalized spacial score (nSPS) is 54.8. The van der Waals surface area contributed by atoms with Crippen LogP contribution in [-0.4, -0.2) is 83.7 Å². The number of fused-ring (bicyclic) bond motifs is 5. The molecular weight excluding hydrogens is 400 g/mol. The number of likely N-dealkylation sites (tertiary alicyclic amines) is 1. The average Bonchev–Trinajstić information content (AvgIpc) is 3.41. The maximum Gasteiger partial charge on any atom is 0.0751 e. The van der Waals surface area contributed by atoms with Gasteiger partial charge in [-0.1, -0.05) is 13.8 Å². The minimum atomic E-state index is -0.176. The van der Waals surface area contributed by atoms with E-state index < -0.39 is 0 Å². The third-order valence-electron chi connectivity index (χ3n) is 11.8. The minimum Gasteiger partial charge on any atom is -0.391 e. The lowest BCUT2D eigenvalue weighted by atomic mass is 9.44. The quantitative estimate of drug-likeness (QED) is 0.683. The van der Waals surface area contributed by atoms with E-state index in [4.69, 9.17) is 4.74 Å². The van der Waals surface area contributed by atoms with Gasteiger partial charge in [0.05, 0.1) is 25.4 Å². The molecule has 32 heavy (non-hydrogen) atoms. The fourth-order valence-corrected chi connectivity index (χ4v) is 9.97. The number of hydrogen-bond acceptors (Lipinski definition) is 5. The Bertz CT molecular complexity index is 692. The first-order valence-electron chi connectivity index (χ1n) is 13.8. The summed E-state index contributed by atoms with van der Waals surface area (Å²) in [6, 6.07) is 0.699. The number of aliphatic hydroxyl groups is 2. The zero-order chi connectivity index (χ0) is 22.1. The lowest BCUT2D eigenvalue weighted by Crippen LogP contribution is -2.61. The number of aliphatic hydroxyl groups excluding tert-OH is 2. The zero-order valence-electron chi connectivity index (χ0n) is 20.4. The van der Waals surface area contributed by atoms with Gasteiger partial charge in [0.1, 0.15) is 0 Å². The number of ether oxygens (including phenoxy) is 1. The molecule has 0 aromatic carbocycles. The summed E-state index contributed by atoms with van der Waals surface area (Å²) in [6.45, 7) is 11.0. The van der Waals surface area contributed by atoms with E-state index in [0.717, 1.165) is 51.0 Å². The van der Waals surface area contributed by atoms with Gasteiger partial charge in [0.2, 0.25) is 0 Å². The second-order valence-electron chi connectivity index (χ2n) is 12.9. The van der Waals surface area contributed by atoms with Gasteiger partial charge in [0.25, 0.3) is 0 Å². The van der Waals surface area contributed by atoms with Crippen molar-refractivity contribution < 1.29 is 14.9 Å². The molecule has 4 saturated carbocycles. The Balaban J connectivity index is 1.25. The van der Waals surface area contributed by atoms with E-state index in [9.17, 15) is 10.2 Å². The third-order valence-corrected chi connectivity index (χ3v) is 11.8. The first-order chi connectivity index (χ1) is 15.4. The van der Waals surface area contributed by atoms with Crippen molar-refractivity contribution in [3.8, 4) is 0 Å². The van der Waals surface area contributed by atoms with Gasteiger partial charge < -0.3 is 14.9 Å². The maximum absolute atomic E-state index is 11.5. The van der Waals surface area contributed by atoms with E-state index in [1.165, 1.54) is 58.0 Å². The van der Waals surface area contributed by atoms with Gasteiger partial charge >= 0.3 is 0 Å². The highest BCUT2D eigenvalue weighted by Crippen LogP contribution is 2.66. The van der Waals surface area contributed by atoms with Crippen LogP contribution < -0.4 is 0 Å². The van der Waals surface area contributed by atoms with Crippen molar-refractivity contribution in [3.05, 3.63) is 0 Å². The van der Waals surface area contributed by atoms with E-state index >= 15 is 0 Å². The highest BCUT2D eigenvalue weighted by Gasteiger charge is 2.63. The Morgan fingerprint density at radius 2 is 1.50 bits per heavy atom. The average molecular weight is 447 g/mol. The zero-order valence-corrected chi connectivity index (χ0v) is 20.4. The van der Waals surface area contributed by atoms with Gasteiger partial charge in [0, 0.05) is 25.2 Å². The van der Waals surface area contributed by atoms with Gasteiger partial charge in [-0.2, -0.15) is 0 Å². The molecule has 0 radical (unpaired) electrons. The van der Waals surface area contributed by atoms with Crippen molar-refractivity contribution >= 4 is 0 Å². The molecule has 0 unspecified atom stereocenters. The van der Waals surface area contributed by atoms with E-state index in [1.54, 1.807) is 0 Å². The van der Waals surface area contributed by atoms with Crippen molar-refractivity contribution in [2.24, 2.45) is 34.5 Å². The van der Waals surface area contributed by atoms with E-state index in [2.05, 4.69) is 23.6 Å². The van der Waals surface area contributed by atoms with Gasteiger partial charge in [-0.25, -0.2) is 0 Å². The monoisotopic (exact) mass is 446 g/mol. The summed E-state index contributed by atoms with van der Waals surface area (Å²) in [5.74, 6) is 2.87. The molecule has 0 aromatic heterocycles. The van der Waals surface area contributed by atoms with Crippen LogP contribution in [0.5, 0.6) is 0 Å². The highest BCUT2D eigenvalue weighted by atomic mass is 16.5. The molecule has 5 heteroatoms. The van der Waals surface area contributed by atoms with E-state index in [1.807, 2.05) is 0 Å². The van der Waals surface area contributed by atoms with Crippen LogP contribution in [-0.2, 0) is 4.74 Å². The van der Waals surface area contributed by atoms with Crippen LogP contribution >= 0.6 is 0 Å². The van der Waals surface area contributed by atoms with Gasteiger partial charge in [0.15, 0.2) is 0 Å². The topological polar surface area (TPSA) is 56.2 Å². The summed E-state index contributed by atoms with van der Waals surface area (Å²) < 4.78 is 5.61. The van der Waals surface area contributed by atoms with E-state index in [0.29, 0.717) is 29.3 Å². The molecule has 0 spiro atoms. The van der Waals surface area contributed by atoms with Crippen molar-refractivity contribution in [1.29, 1.82) is 0 Å². The molecule has 182 valence electrons. The Morgan fingerprint density at radius 1 is 0.781 bits per heavy atom. The van der Waals surface area contributed by atoms with Crippen molar-refractivity contribution in [2.75, 3.05) is 39.4 Å². The number of morpholine rings is 1. The van der Waals surface area contributed by atoms with Crippen LogP contribution in [0.1, 0.15) is 71.6 Å². The van der Waals surface area contributed by atoms with Crippen LogP contribution in [0.3, 0.4) is 0 Å². The SMILES string of the molecule is C[C@]12C[C@@H](N3CCOCC3)[C@H](O)C[C@@H]1CC[C@@H]1[C@@H]2CC[C@]2(C)[C@@H](O)[C@@H](N3CCCC3)C[C@@H]12. The van der Waals surface area contributed by atoms with Crippen LogP contribution in [0.25, 0.3) is 0 Å².